The molecule has 1 aromatic heterocycles. The van der Waals surface area contributed by atoms with E-state index in [1.54, 1.807) is 20.8 Å². The predicted octanol–water partition coefficient (Wildman–Crippen LogP) is 11.6. The summed E-state index contributed by atoms with van der Waals surface area (Å²) in [5.41, 5.74) is 10.2. The number of unbranched alkanes of at least 4 members (excludes halogenated alkanes) is 6. The number of rotatable bonds is 14. The minimum Gasteiger partial charge on any atom is -0.309 e. The molecule has 5 aromatic rings. The van der Waals surface area contributed by atoms with Crippen LogP contribution in [0.3, 0.4) is 0 Å². The van der Waals surface area contributed by atoms with Crippen LogP contribution in [0.2, 0.25) is 0 Å². The summed E-state index contributed by atoms with van der Waals surface area (Å²) in [4.78, 5) is 37.4. The molecule has 0 N–H and O–H groups in total. The van der Waals surface area contributed by atoms with E-state index in [4.69, 9.17) is 0 Å². The Balaban J connectivity index is 1.66. The molecule has 242 valence electrons. The van der Waals surface area contributed by atoms with Crippen molar-refractivity contribution in [2.75, 3.05) is 0 Å². The number of ketones is 3. The molecular formula is C43H47NO3. The summed E-state index contributed by atoms with van der Waals surface area (Å²) >= 11 is 0. The first-order valence-corrected chi connectivity index (χ1v) is 17.6. The second kappa shape index (κ2) is 13.4. The van der Waals surface area contributed by atoms with E-state index in [2.05, 4.69) is 48.7 Å². The predicted molar refractivity (Wildman–Crippen MR) is 195 cm³/mol. The Morgan fingerprint density at radius 1 is 0.532 bits per heavy atom. The maximum absolute atomic E-state index is 12.7. The summed E-state index contributed by atoms with van der Waals surface area (Å²) in [6.45, 7) is 9.40. The Morgan fingerprint density at radius 3 is 1.66 bits per heavy atom. The van der Waals surface area contributed by atoms with Gasteiger partial charge in [0.15, 0.2) is 17.3 Å². The van der Waals surface area contributed by atoms with E-state index in [9.17, 15) is 14.4 Å². The zero-order valence-electron chi connectivity index (χ0n) is 28.7. The van der Waals surface area contributed by atoms with Crippen LogP contribution in [0, 0.1) is 0 Å². The molecule has 4 aromatic carbocycles. The Morgan fingerprint density at radius 2 is 1.06 bits per heavy atom. The van der Waals surface area contributed by atoms with Gasteiger partial charge in [-0.3, -0.25) is 14.4 Å². The Bertz CT molecular complexity index is 1980. The molecule has 47 heavy (non-hydrogen) atoms. The molecule has 1 aliphatic carbocycles. The molecular weight excluding hydrogens is 578 g/mol. The number of hydrogen-bond acceptors (Lipinski definition) is 3. The molecule has 0 aliphatic heterocycles. The van der Waals surface area contributed by atoms with E-state index >= 15 is 0 Å². The largest absolute Gasteiger partial charge is 0.309 e. The maximum Gasteiger partial charge on any atom is 0.159 e. The number of Topliss-reactive ketones (excluding diaryl/α,β-unsaturated/α-hetero) is 3. The fourth-order valence-electron chi connectivity index (χ4n) is 7.94. The lowest BCUT2D eigenvalue weighted by molar-refractivity contribution is 0.100. The molecule has 0 atom stereocenters. The minimum atomic E-state index is -0.184. The number of benzene rings is 4. The highest BCUT2D eigenvalue weighted by Gasteiger charge is 2.43. The quantitative estimate of drug-likeness (QED) is 0.0911. The van der Waals surface area contributed by atoms with Crippen LogP contribution in [-0.4, -0.2) is 21.9 Å². The van der Waals surface area contributed by atoms with Gasteiger partial charge in [0.1, 0.15) is 0 Å². The number of fused-ring (bicyclic) bond motifs is 6. The normalized spacial score (nSPS) is 13.2. The van der Waals surface area contributed by atoms with Crippen LogP contribution < -0.4 is 0 Å². The van der Waals surface area contributed by atoms with Crippen molar-refractivity contribution in [2.24, 2.45) is 0 Å². The highest BCUT2D eigenvalue weighted by atomic mass is 16.1. The second-order valence-electron chi connectivity index (χ2n) is 13.7. The third-order valence-electron chi connectivity index (χ3n) is 10.5. The van der Waals surface area contributed by atoms with Crippen molar-refractivity contribution in [3.8, 4) is 16.8 Å². The zero-order chi connectivity index (χ0) is 33.3. The van der Waals surface area contributed by atoms with Crippen LogP contribution in [0.5, 0.6) is 0 Å². The number of nitrogens with zero attached hydrogens (tertiary/aromatic N) is 1. The van der Waals surface area contributed by atoms with Crippen LogP contribution >= 0.6 is 0 Å². The van der Waals surface area contributed by atoms with Crippen molar-refractivity contribution in [1.82, 2.24) is 4.57 Å². The van der Waals surface area contributed by atoms with Gasteiger partial charge >= 0.3 is 0 Å². The molecule has 0 saturated heterocycles. The van der Waals surface area contributed by atoms with Crippen LogP contribution in [0.1, 0.15) is 141 Å². The topological polar surface area (TPSA) is 56.1 Å². The molecule has 4 heteroatoms. The number of hydrogen-bond donors (Lipinski definition) is 0. The summed E-state index contributed by atoms with van der Waals surface area (Å²) < 4.78 is 2.29. The first-order valence-electron chi connectivity index (χ1n) is 17.6. The number of carbonyl (C=O) groups is 3. The molecule has 0 saturated carbocycles. The summed E-state index contributed by atoms with van der Waals surface area (Å²) in [7, 11) is 0. The molecule has 0 unspecified atom stereocenters. The fraction of sp³-hybridized carbons (Fsp3) is 0.372. The highest BCUT2D eigenvalue weighted by molar-refractivity contribution is 6.14. The van der Waals surface area contributed by atoms with E-state index in [0.29, 0.717) is 11.1 Å². The minimum absolute atomic E-state index is 0.0417. The van der Waals surface area contributed by atoms with Gasteiger partial charge in [-0.05, 0) is 117 Å². The van der Waals surface area contributed by atoms with Crippen LogP contribution in [0.4, 0.5) is 0 Å². The molecule has 0 amide bonds. The Kier molecular flexibility index (Phi) is 9.32. The van der Waals surface area contributed by atoms with E-state index in [1.807, 2.05) is 42.5 Å². The molecule has 1 aliphatic rings. The summed E-state index contributed by atoms with van der Waals surface area (Å²) in [5.74, 6) is 0.185. The first kappa shape index (κ1) is 32.6. The van der Waals surface area contributed by atoms with E-state index < -0.39 is 0 Å². The van der Waals surface area contributed by atoms with Crippen molar-refractivity contribution < 1.29 is 14.4 Å². The van der Waals surface area contributed by atoms with Crippen LogP contribution in [0.15, 0.2) is 72.8 Å². The number of aromatic nitrogens is 1. The maximum atomic E-state index is 12.7. The molecule has 6 rings (SSSR count). The molecule has 0 fully saturated rings. The Labute approximate surface area is 279 Å². The van der Waals surface area contributed by atoms with E-state index in [1.165, 1.54) is 60.8 Å². The average Bonchev–Trinajstić information content (AvgIpc) is 3.53. The van der Waals surface area contributed by atoms with Crippen molar-refractivity contribution >= 4 is 39.2 Å². The Hall–Kier alpha value is -4.31. The molecule has 0 radical (unpaired) electrons. The molecule has 1 heterocycles. The van der Waals surface area contributed by atoms with Crippen LogP contribution in [-0.2, 0) is 5.41 Å². The lowest BCUT2D eigenvalue weighted by atomic mass is 9.70. The van der Waals surface area contributed by atoms with Crippen molar-refractivity contribution in [2.45, 2.75) is 104 Å². The van der Waals surface area contributed by atoms with Crippen molar-refractivity contribution in [3.05, 3.63) is 101 Å². The van der Waals surface area contributed by atoms with Gasteiger partial charge in [-0.25, -0.2) is 0 Å². The summed E-state index contributed by atoms with van der Waals surface area (Å²) in [6, 6.07) is 25.0. The average molecular weight is 626 g/mol. The smallest absolute Gasteiger partial charge is 0.159 e. The SMILES string of the molecule is CCCCCCC1(CCCCCC)c2cc(C(C)=O)ccc2-c2cc3c4cc(C(C)=O)ccc4n(-c4ccc(C(C)=O)cc4)c3cc21. The van der Waals surface area contributed by atoms with Crippen molar-refractivity contribution in [1.29, 1.82) is 0 Å². The monoisotopic (exact) mass is 625 g/mol. The molecule has 4 nitrogen and oxygen atoms in total. The lowest BCUT2D eigenvalue weighted by Crippen LogP contribution is -2.26. The number of carbonyl (C=O) groups excluding carboxylic acids is 3. The van der Waals surface area contributed by atoms with Gasteiger partial charge in [-0.2, -0.15) is 0 Å². The van der Waals surface area contributed by atoms with Gasteiger partial charge < -0.3 is 4.57 Å². The van der Waals surface area contributed by atoms with Gasteiger partial charge in [-0.15, -0.1) is 0 Å². The van der Waals surface area contributed by atoms with Crippen molar-refractivity contribution in [3.63, 3.8) is 0 Å². The fourth-order valence-corrected chi connectivity index (χ4v) is 7.94. The van der Waals surface area contributed by atoms with E-state index in [-0.39, 0.29) is 22.8 Å². The first-order chi connectivity index (χ1) is 22.7. The van der Waals surface area contributed by atoms with E-state index in [0.717, 1.165) is 58.7 Å². The summed E-state index contributed by atoms with van der Waals surface area (Å²) in [6.07, 6.45) is 11.6. The second-order valence-corrected chi connectivity index (χ2v) is 13.7. The summed E-state index contributed by atoms with van der Waals surface area (Å²) in [5, 5.41) is 2.14. The van der Waals surface area contributed by atoms with Gasteiger partial charge in [-0.1, -0.05) is 77.3 Å². The third kappa shape index (κ3) is 5.88. The zero-order valence-corrected chi connectivity index (χ0v) is 28.7. The van der Waals surface area contributed by atoms with Crippen LogP contribution in [0.25, 0.3) is 38.6 Å². The molecule has 0 spiro atoms. The van der Waals surface area contributed by atoms with Gasteiger partial charge in [0.25, 0.3) is 0 Å². The molecule has 0 bridgehead atoms. The van der Waals surface area contributed by atoms with Gasteiger partial charge in [0, 0.05) is 38.6 Å². The highest BCUT2D eigenvalue weighted by Crippen LogP contribution is 2.56. The standard InChI is InChI=1S/C43H47NO3/c1-6-8-10-12-22-43(23-13-11-9-7-2)39-25-33(30(5)47)16-20-35(39)36-26-38-37-24-32(29(4)46)17-21-41(37)44(42(38)27-40(36)43)34-18-14-31(15-19-34)28(3)45/h14-21,24-27H,6-13,22-23H2,1-5H3. The van der Waals surface area contributed by atoms with Gasteiger partial charge in [0.05, 0.1) is 11.0 Å². The van der Waals surface area contributed by atoms with Gasteiger partial charge in [0.2, 0.25) is 0 Å². The third-order valence-corrected chi connectivity index (χ3v) is 10.5. The lowest BCUT2D eigenvalue weighted by Gasteiger charge is -2.33.